The molecule has 0 spiro atoms. The molecule has 2 heterocycles. The first-order valence-corrected chi connectivity index (χ1v) is 12.0. The van der Waals surface area contributed by atoms with Crippen LogP contribution < -0.4 is 5.73 Å². The fraction of sp³-hybridized carbons (Fsp3) is 0.579. The Kier molecular flexibility index (Phi) is 7.09. The van der Waals surface area contributed by atoms with Crippen molar-refractivity contribution < 1.29 is 18.0 Å². The van der Waals surface area contributed by atoms with Gasteiger partial charge in [0.25, 0.3) is 0 Å². The topological polar surface area (TPSA) is 101 Å². The first-order valence-electron chi connectivity index (χ1n) is 9.68. The summed E-state index contributed by atoms with van der Waals surface area (Å²) in [4.78, 5) is 26.0. The van der Waals surface area contributed by atoms with Crippen molar-refractivity contribution >= 4 is 45.0 Å². The Morgan fingerprint density at radius 3 is 2.24 bits per heavy atom. The number of halogens is 2. The van der Waals surface area contributed by atoms with Crippen LogP contribution in [-0.4, -0.2) is 55.6 Å². The second-order valence-corrected chi connectivity index (χ2v) is 10.4. The van der Waals surface area contributed by atoms with Gasteiger partial charge >= 0.3 is 0 Å². The van der Waals surface area contributed by atoms with Crippen LogP contribution in [0.5, 0.6) is 0 Å². The second-order valence-electron chi connectivity index (χ2n) is 7.66. The van der Waals surface area contributed by atoms with Gasteiger partial charge in [-0.1, -0.05) is 29.3 Å². The summed E-state index contributed by atoms with van der Waals surface area (Å²) < 4.78 is 27.3. The van der Waals surface area contributed by atoms with Crippen LogP contribution in [0.1, 0.15) is 31.2 Å². The Balaban J connectivity index is 1.65. The molecule has 3 rings (SSSR count). The highest BCUT2D eigenvalue weighted by Crippen LogP contribution is 2.30. The molecule has 0 aliphatic carbocycles. The van der Waals surface area contributed by atoms with E-state index in [1.807, 2.05) is 0 Å². The smallest absolute Gasteiger partial charge is 0.227 e. The Bertz CT molecular complexity index is 865. The number of sulfonamides is 1. The highest BCUT2D eigenvalue weighted by Gasteiger charge is 2.36. The molecule has 7 nitrogen and oxygen atoms in total. The number of piperidine rings is 2. The molecule has 2 saturated heterocycles. The van der Waals surface area contributed by atoms with Crippen LogP contribution in [0.15, 0.2) is 18.2 Å². The maximum Gasteiger partial charge on any atom is 0.227 e. The predicted molar refractivity (Wildman–Crippen MR) is 112 cm³/mol. The van der Waals surface area contributed by atoms with Crippen molar-refractivity contribution in [2.75, 3.05) is 26.2 Å². The zero-order chi connectivity index (χ0) is 21.2. The monoisotopic (exact) mass is 461 g/mol. The molecule has 0 bridgehead atoms. The van der Waals surface area contributed by atoms with Gasteiger partial charge in [-0.05, 0) is 37.8 Å². The average molecular weight is 462 g/mol. The lowest BCUT2D eigenvalue weighted by atomic mass is 9.93. The van der Waals surface area contributed by atoms with Gasteiger partial charge in [0.15, 0.2) is 0 Å². The van der Waals surface area contributed by atoms with E-state index in [2.05, 4.69) is 0 Å². The molecule has 160 valence electrons. The van der Waals surface area contributed by atoms with Crippen LogP contribution >= 0.6 is 23.2 Å². The molecule has 10 heteroatoms. The minimum Gasteiger partial charge on any atom is -0.369 e. The Hall–Kier alpha value is -1.35. The summed E-state index contributed by atoms with van der Waals surface area (Å²) in [6.45, 7) is 1.48. The third-order valence-corrected chi connectivity index (χ3v) is 8.20. The SMILES string of the molecule is NC(=O)C1CCN(C(=O)[C@@H]2CCCN(S(=O)(=O)Cc3c(Cl)cccc3Cl)C2)CC1. The number of nitrogens with two attached hydrogens (primary N) is 1. The average Bonchev–Trinajstić information content (AvgIpc) is 2.70. The zero-order valence-electron chi connectivity index (χ0n) is 16.0. The van der Waals surface area contributed by atoms with Crippen molar-refractivity contribution in [2.45, 2.75) is 31.4 Å². The number of carbonyl (C=O) groups is 2. The third kappa shape index (κ3) is 5.23. The summed E-state index contributed by atoms with van der Waals surface area (Å²) in [5.41, 5.74) is 5.72. The van der Waals surface area contributed by atoms with Gasteiger partial charge in [0.2, 0.25) is 21.8 Å². The van der Waals surface area contributed by atoms with Crippen molar-refractivity contribution in [3.63, 3.8) is 0 Å². The van der Waals surface area contributed by atoms with Gasteiger partial charge in [-0.25, -0.2) is 12.7 Å². The van der Waals surface area contributed by atoms with Crippen molar-refractivity contribution in [1.82, 2.24) is 9.21 Å². The molecule has 2 N–H and O–H groups in total. The highest BCUT2D eigenvalue weighted by molar-refractivity contribution is 7.88. The molecular formula is C19H25Cl2N3O4S. The van der Waals surface area contributed by atoms with E-state index in [0.29, 0.717) is 60.9 Å². The number of nitrogens with zero attached hydrogens (tertiary/aromatic N) is 2. The predicted octanol–water partition coefficient (Wildman–Crippen LogP) is 2.26. The lowest BCUT2D eigenvalue weighted by Crippen LogP contribution is -2.49. The van der Waals surface area contributed by atoms with Gasteiger partial charge in [-0.2, -0.15) is 0 Å². The first kappa shape index (κ1) is 22.3. The summed E-state index contributed by atoms with van der Waals surface area (Å²) in [7, 11) is -3.67. The van der Waals surface area contributed by atoms with Crippen LogP contribution in [0, 0.1) is 11.8 Å². The molecule has 2 aliphatic heterocycles. The molecule has 0 saturated carbocycles. The number of benzene rings is 1. The fourth-order valence-corrected chi connectivity index (χ4v) is 6.35. The second kappa shape index (κ2) is 9.20. The van der Waals surface area contributed by atoms with Gasteiger partial charge < -0.3 is 10.6 Å². The minimum absolute atomic E-state index is 0.0522. The summed E-state index contributed by atoms with van der Waals surface area (Å²) in [5.74, 6) is -1.25. The summed E-state index contributed by atoms with van der Waals surface area (Å²) in [5, 5.41) is 0.617. The number of hydrogen-bond donors (Lipinski definition) is 1. The first-order chi connectivity index (χ1) is 13.7. The third-order valence-electron chi connectivity index (χ3n) is 5.72. The Morgan fingerprint density at radius 1 is 1.03 bits per heavy atom. The van der Waals surface area contributed by atoms with Gasteiger partial charge in [0, 0.05) is 47.7 Å². The molecule has 1 aromatic carbocycles. The molecule has 2 fully saturated rings. The molecule has 0 aromatic heterocycles. The van der Waals surface area contributed by atoms with E-state index in [1.165, 1.54) is 4.31 Å². The molecule has 1 aromatic rings. The highest BCUT2D eigenvalue weighted by atomic mass is 35.5. The van der Waals surface area contributed by atoms with Crippen LogP contribution in [0.2, 0.25) is 10.0 Å². The van der Waals surface area contributed by atoms with Gasteiger partial charge in [0.05, 0.1) is 11.7 Å². The number of rotatable bonds is 5. The number of carbonyl (C=O) groups excluding carboxylic acids is 2. The van der Waals surface area contributed by atoms with Crippen molar-refractivity contribution in [3.8, 4) is 0 Å². The maximum atomic E-state index is 13.0. The van der Waals surface area contributed by atoms with Crippen LogP contribution in [0.4, 0.5) is 0 Å². The van der Waals surface area contributed by atoms with E-state index in [-0.39, 0.29) is 35.9 Å². The maximum absolute atomic E-state index is 13.0. The Labute approximate surface area is 181 Å². The molecule has 29 heavy (non-hydrogen) atoms. The fourth-order valence-electron chi connectivity index (χ4n) is 3.98. The van der Waals surface area contributed by atoms with E-state index in [4.69, 9.17) is 28.9 Å². The molecule has 1 atom stereocenters. The van der Waals surface area contributed by atoms with E-state index in [1.54, 1.807) is 23.1 Å². The van der Waals surface area contributed by atoms with Crippen LogP contribution in [-0.2, 0) is 25.4 Å². The van der Waals surface area contributed by atoms with Crippen molar-refractivity contribution in [1.29, 1.82) is 0 Å². The minimum atomic E-state index is -3.67. The molecule has 0 radical (unpaired) electrons. The Morgan fingerprint density at radius 2 is 1.66 bits per heavy atom. The molecule has 2 amide bonds. The number of hydrogen-bond acceptors (Lipinski definition) is 4. The summed E-state index contributed by atoms with van der Waals surface area (Å²) in [6, 6.07) is 4.88. The number of amides is 2. The van der Waals surface area contributed by atoms with Crippen molar-refractivity contribution in [2.24, 2.45) is 17.6 Å². The van der Waals surface area contributed by atoms with E-state index < -0.39 is 10.0 Å². The van der Waals surface area contributed by atoms with Crippen molar-refractivity contribution in [3.05, 3.63) is 33.8 Å². The largest absolute Gasteiger partial charge is 0.369 e. The van der Waals surface area contributed by atoms with Gasteiger partial charge in [-0.15, -0.1) is 0 Å². The van der Waals surface area contributed by atoms with E-state index in [9.17, 15) is 18.0 Å². The van der Waals surface area contributed by atoms with E-state index in [0.717, 1.165) is 0 Å². The number of likely N-dealkylation sites (tertiary alicyclic amines) is 1. The quantitative estimate of drug-likeness (QED) is 0.726. The molecule has 0 unspecified atom stereocenters. The summed E-state index contributed by atoms with van der Waals surface area (Å²) in [6.07, 6.45) is 2.37. The normalized spacial score (nSPS) is 21.9. The van der Waals surface area contributed by atoms with Gasteiger partial charge in [-0.3, -0.25) is 9.59 Å². The van der Waals surface area contributed by atoms with Gasteiger partial charge in [0.1, 0.15) is 0 Å². The lowest BCUT2D eigenvalue weighted by Gasteiger charge is -2.37. The van der Waals surface area contributed by atoms with Crippen LogP contribution in [0.25, 0.3) is 0 Å². The molecule has 2 aliphatic rings. The molecular weight excluding hydrogens is 437 g/mol. The summed E-state index contributed by atoms with van der Waals surface area (Å²) >= 11 is 12.3. The number of primary amides is 1. The van der Waals surface area contributed by atoms with Crippen LogP contribution in [0.3, 0.4) is 0 Å². The standard InChI is InChI=1S/C19H25Cl2N3O4S/c20-16-4-1-5-17(21)15(16)12-29(27,28)24-8-2-3-14(11-24)19(26)23-9-6-13(7-10-23)18(22)25/h1,4-5,13-14H,2-3,6-12H2,(H2,22,25)/t14-/m1/s1. The lowest BCUT2D eigenvalue weighted by molar-refractivity contribution is -0.139. The zero-order valence-corrected chi connectivity index (χ0v) is 18.3. The van der Waals surface area contributed by atoms with E-state index >= 15 is 0 Å².